The lowest BCUT2D eigenvalue weighted by Gasteiger charge is -2.28. The monoisotopic (exact) mass is 205 g/mol. The predicted molar refractivity (Wildman–Crippen MR) is 54.7 cm³/mol. The fraction of sp³-hybridized carbons (Fsp3) is 0.667. The lowest BCUT2D eigenvalue weighted by Crippen LogP contribution is -2.18. The molecule has 0 aliphatic heterocycles. The number of nitriles is 1. The third-order valence-electron chi connectivity index (χ3n) is 3.54. The summed E-state index contributed by atoms with van der Waals surface area (Å²) in [7, 11) is 0. The summed E-state index contributed by atoms with van der Waals surface area (Å²) in [6.45, 7) is 2.10. The van der Waals surface area contributed by atoms with Crippen LogP contribution < -0.4 is 0 Å². The van der Waals surface area contributed by atoms with E-state index < -0.39 is 5.97 Å². The van der Waals surface area contributed by atoms with E-state index in [-0.39, 0.29) is 5.57 Å². The van der Waals surface area contributed by atoms with E-state index in [0.29, 0.717) is 6.61 Å². The van der Waals surface area contributed by atoms with Crippen LogP contribution >= 0.6 is 0 Å². The number of esters is 1. The van der Waals surface area contributed by atoms with Gasteiger partial charge in [0.25, 0.3) is 0 Å². The highest BCUT2D eigenvalue weighted by atomic mass is 16.5. The number of carbonyl (C=O) groups is 1. The lowest BCUT2D eigenvalue weighted by atomic mass is 9.77. The fourth-order valence-electron chi connectivity index (χ4n) is 2.57. The van der Waals surface area contributed by atoms with Gasteiger partial charge in [-0.25, -0.2) is 4.79 Å². The van der Waals surface area contributed by atoms with E-state index in [4.69, 9.17) is 10.00 Å². The summed E-state index contributed by atoms with van der Waals surface area (Å²) in [6, 6.07) is 2.00. The minimum atomic E-state index is -0.434. The highest BCUT2D eigenvalue weighted by Crippen LogP contribution is 2.50. The van der Waals surface area contributed by atoms with Gasteiger partial charge in [-0.1, -0.05) is 0 Å². The van der Waals surface area contributed by atoms with Crippen LogP contribution in [0.2, 0.25) is 0 Å². The molecule has 0 radical (unpaired) electrons. The van der Waals surface area contributed by atoms with E-state index in [1.807, 2.05) is 6.07 Å². The number of rotatable bonds is 2. The van der Waals surface area contributed by atoms with Crippen LogP contribution in [-0.2, 0) is 9.53 Å². The van der Waals surface area contributed by atoms with E-state index in [1.165, 1.54) is 12.8 Å². The molecule has 0 aromatic heterocycles. The molecule has 0 heterocycles. The molecule has 80 valence electrons. The second-order valence-corrected chi connectivity index (χ2v) is 4.32. The standard InChI is InChI=1S/C12H15NO2/c1-2-15-12(14)11(7-13)10-5-8-3-4-9(8)6-10/h8-9H,2-6H2,1H3/b11-10-/t8-,9+/m1/s1. The molecule has 2 saturated carbocycles. The van der Waals surface area contributed by atoms with Crippen LogP contribution in [0.3, 0.4) is 0 Å². The Kier molecular flexibility index (Phi) is 2.77. The van der Waals surface area contributed by atoms with Gasteiger partial charge in [0.2, 0.25) is 0 Å². The first kappa shape index (κ1) is 10.2. The Balaban J connectivity index is 2.14. The molecule has 2 rings (SSSR count). The summed E-state index contributed by atoms with van der Waals surface area (Å²) in [5.41, 5.74) is 1.30. The highest BCUT2D eigenvalue weighted by molar-refractivity contribution is 5.93. The van der Waals surface area contributed by atoms with Gasteiger partial charge in [0, 0.05) is 0 Å². The summed E-state index contributed by atoms with van der Waals surface area (Å²) in [6.07, 6.45) is 4.39. The Morgan fingerprint density at radius 2 is 2.07 bits per heavy atom. The van der Waals surface area contributed by atoms with Gasteiger partial charge in [-0.3, -0.25) is 0 Å². The zero-order valence-electron chi connectivity index (χ0n) is 8.95. The number of carbonyl (C=O) groups excluding carboxylic acids is 1. The van der Waals surface area contributed by atoms with Crippen molar-refractivity contribution in [2.24, 2.45) is 11.8 Å². The molecule has 2 aliphatic carbocycles. The van der Waals surface area contributed by atoms with Crippen molar-refractivity contribution in [3.05, 3.63) is 11.1 Å². The van der Waals surface area contributed by atoms with Crippen molar-refractivity contribution in [3.8, 4) is 6.07 Å². The van der Waals surface area contributed by atoms with E-state index in [1.54, 1.807) is 6.92 Å². The predicted octanol–water partition coefficient (Wildman–Crippen LogP) is 2.19. The average Bonchev–Trinajstić information content (AvgIpc) is 2.46. The highest BCUT2D eigenvalue weighted by Gasteiger charge is 2.39. The molecule has 2 fully saturated rings. The van der Waals surface area contributed by atoms with Crippen LogP contribution in [0.1, 0.15) is 32.6 Å². The Hall–Kier alpha value is -1.30. The van der Waals surface area contributed by atoms with Crippen LogP contribution in [0, 0.1) is 23.2 Å². The number of hydrogen-bond acceptors (Lipinski definition) is 3. The first-order valence-electron chi connectivity index (χ1n) is 5.55. The van der Waals surface area contributed by atoms with Gasteiger partial charge in [0.1, 0.15) is 11.6 Å². The van der Waals surface area contributed by atoms with E-state index in [9.17, 15) is 4.79 Å². The molecule has 15 heavy (non-hydrogen) atoms. The molecule has 0 spiro atoms. The van der Waals surface area contributed by atoms with Gasteiger partial charge in [0.05, 0.1) is 6.61 Å². The molecular formula is C12H15NO2. The van der Waals surface area contributed by atoms with Crippen LogP contribution in [-0.4, -0.2) is 12.6 Å². The van der Waals surface area contributed by atoms with Crippen molar-refractivity contribution in [2.75, 3.05) is 6.61 Å². The summed E-state index contributed by atoms with van der Waals surface area (Å²) >= 11 is 0. The van der Waals surface area contributed by atoms with Gasteiger partial charge in [-0.15, -0.1) is 0 Å². The van der Waals surface area contributed by atoms with Crippen molar-refractivity contribution in [2.45, 2.75) is 32.6 Å². The molecule has 3 nitrogen and oxygen atoms in total. The number of nitrogens with zero attached hydrogens (tertiary/aromatic N) is 1. The number of hydrogen-bond donors (Lipinski definition) is 0. The quantitative estimate of drug-likeness (QED) is 0.394. The molecule has 0 amide bonds. The Bertz CT molecular complexity index is 337. The van der Waals surface area contributed by atoms with Crippen molar-refractivity contribution >= 4 is 5.97 Å². The maximum absolute atomic E-state index is 11.5. The zero-order valence-corrected chi connectivity index (χ0v) is 8.95. The van der Waals surface area contributed by atoms with Crippen molar-refractivity contribution in [1.29, 1.82) is 5.26 Å². The largest absolute Gasteiger partial charge is 0.462 e. The van der Waals surface area contributed by atoms with Gasteiger partial charge < -0.3 is 4.74 Å². The lowest BCUT2D eigenvalue weighted by molar-refractivity contribution is -0.138. The third-order valence-corrected chi connectivity index (χ3v) is 3.54. The summed E-state index contributed by atoms with van der Waals surface area (Å²) in [4.78, 5) is 11.5. The smallest absolute Gasteiger partial charge is 0.348 e. The van der Waals surface area contributed by atoms with E-state index >= 15 is 0 Å². The summed E-state index contributed by atoms with van der Waals surface area (Å²) < 4.78 is 4.88. The molecule has 0 bridgehead atoms. The van der Waals surface area contributed by atoms with Crippen molar-refractivity contribution in [1.82, 2.24) is 0 Å². The summed E-state index contributed by atoms with van der Waals surface area (Å²) in [5.74, 6) is 1.03. The van der Waals surface area contributed by atoms with E-state index in [2.05, 4.69) is 0 Å². The molecular weight excluding hydrogens is 190 g/mol. The first-order chi connectivity index (χ1) is 7.26. The van der Waals surface area contributed by atoms with Crippen molar-refractivity contribution < 1.29 is 9.53 Å². The number of ether oxygens (including phenoxy) is 1. The Morgan fingerprint density at radius 3 is 2.47 bits per heavy atom. The van der Waals surface area contributed by atoms with Crippen LogP contribution in [0.15, 0.2) is 11.1 Å². The van der Waals surface area contributed by atoms with Crippen LogP contribution in [0.4, 0.5) is 0 Å². The minimum absolute atomic E-state index is 0.270. The maximum Gasteiger partial charge on any atom is 0.348 e. The number of allylic oxidation sites excluding steroid dienone is 1. The number of fused-ring (bicyclic) bond motifs is 1. The molecule has 3 heteroatoms. The minimum Gasteiger partial charge on any atom is -0.462 e. The van der Waals surface area contributed by atoms with Crippen LogP contribution in [0.5, 0.6) is 0 Å². The van der Waals surface area contributed by atoms with Gasteiger partial charge in [0.15, 0.2) is 0 Å². The van der Waals surface area contributed by atoms with Gasteiger partial charge in [-0.05, 0) is 50.0 Å². The van der Waals surface area contributed by atoms with E-state index in [0.717, 1.165) is 30.3 Å². The Labute approximate surface area is 89.7 Å². The topological polar surface area (TPSA) is 50.1 Å². The van der Waals surface area contributed by atoms with Gasteiger partial charge >= 0.3 is 5.97 Å². The maximum atomic E-state index is 11.5. The average molecular weight is 205 g/mol. The molecule has 0 aromatic rings. The van der Waals surface area contributed by atoms with Crippen LogP contribution in [0.25, 0.3) is 0 Å². The fourth-order valence-corrected chi connectivity index (χ4v) is 2.57. The normalized spacial score (nSPS) is 31.2. The van der Waals surface area contributed by atoms with Crippen molar-refractivity contribution in [3.63, 3.8) is 0 Å². The zero-order chi connectivity index (χ0) is 10.8. The molecule has 0 aromatic carbocycles. The second kappa shape index (κ2) is 4.06. The Morgan fingerprint density at radius 1 is 1.47 bits per heavy atom. The SMILES string of the molecule is CCOC(=O)/C(C#N)=C1/C[C@H]2CC[C@H]2C1. The molecule has 0 N–H and O–H groups in total. The van der Waals surface area contributed by atoms with Gasteiger partial charge in [-0.2, -0.15) is 5.26 Å². The summed E-state index contributed by atoms with van der Waals surface area (Å²) in [5, 5.41) is 8.97. The third kappa shape index (κ3) is 1.77. The molecule has 0 saturated heterocycles. The molecule has 2 atom stereocenters. The first-order valence-corrected chi connectivity index (χ1v) is 5.55. The second-order valence-electron chi connectivity index (χ2n) is 4.32. The molecule has 0 unspecified atom stereocenters. The molecule has 2 aliphatic rings.